The Morgan fingerprint density at radius 3 is 2.43 bits per heavy atom. The molecule has 0 aromatic heterocycles. The average molecular weight is 273 g/mol. The highest BCUT2D eigenvalue weighted by Gasteiger charge is 2.19. The van der Waals surface area contributed by atoms with E-state index in [1.54, 1.807) is 0 Å². The van der Waals surface area contributed by atoms with Crippen molar-refractivity contribution >= 4 is 10.8 Å². The molecule has 3 aromatic carbocycles. The van der Waals surface area contributed by atoms with Gasteiger partial charge in [-0.15, -0.1) is 0 Å². The van der Waals surface area contributed by atoms with Gasteiger partial charge in [-0.25, -0.2) is 0 Å². The zero-order valence-electron chi connectivity index (χ0n) is 12.0. The summed E-state index contributed by atoms with van der Waals surface area (Å²) in [6, 6.07) is 24.9. The van der Waals surface area contributed by atoms with Crippen LogP contribution < -0.4 is 5.32 Å². The van der Waals surface area contributed by atoms with Gasteiger partial charge in [0.2, 0.25) is 0 Å². The SMILES string of the molecule is c1cc(CNC2CC2)cc(-c2ccc3ccccc3c2)c1. The van der Waals surface area contributed by atoms with E-state index in [-0.39, 0.29) is 0 Å². The molecule has 0 unspecified atom stereocenters. The molecule has 0 heterocycles. The second kappa shape index (κ2) is 5.34. The molecule has 104 valence electrons. The van der Waals surface area contributed by atoms with E-state index in [2.05, 4.69) is 72.0 Å². The summed E-state index contributed by atoms with van der Waals surface area (Å²) in [5.74, 6) is 0. The lowest BCUT2D eigenvalue weighted by atomic mass is 10.00. The van der Waals surface area contributed by atoms with Crippen LogP contribution in [0.3, 0.4) is 0 Å². The summed E-state index contributed by atoms with van der Waals surface area (Å²) >= 11 is 0. The third kappa shape index (κ3) is 2.84. The van der Waals surface area contributed by atoms with Crippen LogP contribution in [0, 0.1) is 0 Å². The molecule has 1 fully saturated rings. The highest BCUT2D eigenvalue weighted by molar-refractivity contribution is 5.87. The fourth-order valence-electron chi connectivity index (χ4n) is 2.78. The average Bonchev–Trinajstić information content (AvgIpc) is 3.37. The molecule has 0 amide bonds. The minimum atomic E-state index is 0.759. The Morgan fingerprint density at radius 2 is 1.57 bits per heavy atom. The van der Waals surface area contributed by atoms with Crippen molar-refractivity contribution in [3.8, 4) is 11.1 Å². The van der Waals surface area contributed by atoms with Crippen LogP contribution in [0.2, 0.25) is 0 Å². The van der Waals surface area contributed by atoms with Crippen molar-refractivity contribution in [3.63, 3.8) is 0 Å². The highest BCUT2D eigenvalue weighted by atomic mass is 14.9. The third-order valence-electron chi connectivity index (χ3n) is 4.18. The van der Waals surface area contributed by atoms with E-state index >= 15 is 0 Å². The number of nitrogens with one attached hydrogen (secondary N) is 1. The quantitative estimate of drug-likeness (QED) is 0.722. The standard InChI is InChI=1S/C20H19N/c1-2-6-18-13-19(9-8-16(18)5-1)17-7-3-4-15(12-17)14-21-20-10-11-20/h1-9,12-13,20-21H,10-11,14H2. The third-order valence-corrected chi connectivity index (χ3v) is 4.18. The second-order valence-corrected chi connectivity index (χ2v) is 5.92. The molecule has 0 saturated heterocycles. The van der Waals surface area contributed by atoms with Crippen LogP contribution in [0.1, 0.15) is 18.4 Å². The Hall–Kier alpha value is -2.12. The largest absolute Gasteiger partial charge is 0.310 e. The molecule has 4 rings (SSSR count). The van der Waals surface area contributed by atoms with Gasteiger partial charge in [0.1, 0.15) is 0 Å². The molecule has 0 bridgehead atoms. The highest BCUT2D eigenvalue weighted by Crippen LogP contribution is 2.25. The van der Waals surface area contributed by atoms with Gasteiger partial charge in [-0.2, -0.15) is 0 Å². The van der Waals surface area contributed by atoms with Crippen molar-refractivity contribution in [2.75, 3.05) is 0 Å². The predicted octanol–water partition coefficient (Wildman–Crippen LogP) is 4.76. The molecular formula is C20H19N. The zero-order valence-corrected chi connectivity index (χ0v) is 12.0. The molecule has 1 aliphatic carbocycles. The van der Waals surface area contributed by atoms with E-state index in [0.29, 0.717) is 0 Å². The molecule has 1 aliphatic rings. The first-order valence-corrected chi connectivity index (χ1v) is 7.70. The van der Waals surface area contributed by atoms with Gasteiger partial charge in [-0.3, -0.25) is 0 Å². The number of fused-ring (bicyclic) bond motifs is 1. The topological polar surface area (TPSA) is 12.0 Å². The molecule has 1 nitrogen and oxygen atoms in total. The van der Waals surface area contributed by atoms with Gasteiger partial charge >= 0.3 is 0 Å². The minimum Gasteiger partial charge on any atom is -0.310 e. The van der Waals surface area contributed by atoms with E-state index in [1.807, 2.05) is 0 Å². The molecule has 3 aromatic rings. The molecule has 0 aliphatic heterocycles. The molecule has 0 spiro atoms. The summed E-state index contributed by atoms with van der Waals surface area (Å²) in [7, 11) is 0. The van der Waals surface area contributed by atoms with Gasteiger partial charge in [-0.05, 0) is 52.4 Å². The van der Waals surface area contributed by atoms with Gasteiger partial charge < -0.3 is 5.32 Å². The Labute approximate surface area is 125 Å². The lowest BCUT2D eigenvalue weighted by Gasteiger charge is -2.08. The monoisotopic (exact) mass is 273 g/mol. The summed E-state index contributed by atoms with van der Waals surface area (Å²) in [5, 5.41) is 6.18. The van der Waals surface area contributed by atoms with Gasteiger partial charge in [0.05, 0.1) is 0 Å². The Morgan fingerprint density at radius 1 is 0.762 bits per heavy atom. The van der Waals surface area contributed by atoms with E-state index in [4.69, 9.17) is 0 Å². The molecule has 21 heavy (non-hydrogen) atoms. The molecule has 1 heteroatoms. The molecule has 1 N–H and O–H groups in total. The van der Waals surface area contributed by atoms with Crippen LogP contribution in [0.25, 0.3) is 21.9 Å². The van der Waals surface area contributed by atoms with E-state index in [0.717, 1.165) is 12.6 Å². The Kier molecular flexibility index (Phi) is 3.21. The van der Waals surface area contributed by atoms with Crippen molar-refractivity contribution in [3.05, 3.63) is 72.3 Å². The Bertz CT molecular complexity index is 771. The molecule has 1 saturated carbocycles. The van der Waals surface area contributed by atoms with Gasteiger partial charge in [-0.1, -0.05) is 54.6 Å². The Balaban J connectivity index is 1.65. The second-order valence-electron chi connectivity index (χ2n) is 5.92. The summed E-state index contributed by atoms with van der Waals surface area (Å²) in [5.41, 5.74) is 3.96. The first-order valence-electron chi connectivity index (χ1n) is 7.70. The lowest BCUT2D eigenvalue weighted by molar-refractivity contribution is 0.688. The summed E-state index contributed by atoms with van der Waals surface area (Å²) in [4.78, 5) is 0. The lowest BCUT2D eigenvalue weighted by Crippen LogP contribution is -2.15. The number of hydrogen-bond acceptors (Lipinski definition) is 1. The maximum atomic E-state index is 3.58. The van der Waals surface area contributed by atoms with Crippen LogP contribution in [-0.2, 0) is 6.54 Å². The smallest absolute Gasteiger partial charge is 0.0208 e. The summed E-state index contributed by atoms with van der Waals surface area (Å²) in [6.45, 7) is 0.978. The number of benzene rings is 3. The van der Waals surface area contributed by atoms with Crippen LogP contribution in [0.4, 0.5) is 0 Å². The first kappa shape index (κ1) is 12.6. The van der Waals surface area contributed by atoms with Gasteiger partial charge in [0, 0.05) is 12.6 Å². The maximum Gasteiger partial charge on any atom is 0.0208 e. The minimum absolute atomic E-state index is 0.759. The zero-order chi connectivity index (χ0) is 14.1. The number of rotatable bonds is 4. The van der Waals surface area contributed by atoms with Crippen molar-refractivity contribution in [2.45, 2.75) is 25.4 Å². The van der Waals surface area contributed by atoms with Crippen LogP contribution in [0.5, 0.6) is 0 Å². The first-order chi connectivity index (χ1) is 10.4. The summed E-state index contributed by atoms with van der Waals surface area (Å²) in [6.07, 6.45) is 2.68. The van der Waals surface area contributed by atoms with Crippen molar-refractivity contribution < 1.29 is 0 Å². The summed E-state index contributed by atoms with van der Waals surface area (Å²) < 4.78 is 0. The maximum absolute atomic E-state index is 3.58. The molecule has 0 atom stereocenters. The van der Waals surface area contributed by atoms with Gasteiger partial charge in [0.15, 0.2) is 0 Å². The van der Waals surface area contributed by atoms with Crippen LogP contribution in [0.15, 0.2) is 66.7 Å². The van der Waals surface area contributed by atoms with Crippen molar-refractivity contribution in [2.24, 2.45) is 0 Å². The van der Waals surface area contributed by atoms with E-state index in [9.17, 15) is 0 Å². The van der Waals surface area contributed by atoms with Gasteiger partial charge in [0.25, 0.3) is 0 Å². The normalized spacial score (nSPS) is 14.5. The van der Waals surface area contributed by atoms with Crippen molar-refractivity contribution in [1.29, 1.82) is 0 Å². The fraction of sp³-hybridized carbons (Fsp3) is 0.200. The number of hydrogen-bond donors (Lipinski definition) is 1. The predicted molar refractivity (Wildman–Crippen MR) is 89.2 cm³/mol. The fourth-order valence-corrected chi connectivity index (χ4v) is 2.78. The van der Waals surface area contributed by atoms with Crippen LogP contribution in [-0.4, -0.2) is 6.04 Å². The van der Waals surface area contributed by atoms with E-state index in [1.165, 1.54) is 40.3 Å². The van der Waals surface area contributed by atoms with E-state index < -0.39 is 0 Å². The molecule has 0 radical (unpaired) electrons. The van der Waals surface area contributed by atoms with Crippen LogP contribution >= 0.6 is 0 Å². The van der Waals surface area contributed by atoms with Crippen molar-refractivity contribution in [1.82, 2.24) is 5.32 Å². The molecular weight excluding hydrogens is 254 g/mol.